The van der Waals surface area contributed by atoms with E-state index in [1.165, 1.54) is 37.2 Å². The van der Waals surface area contributed by atoms with E-state index in [2.05, 4.69) is 37.8 Å². The van der Waals surface area contributed by atoms with Crippen LogP contribution in [0.25, 0.3) is 0 Å². The molecule has 4 unspecified atom stereocenters. The van der Waals surface area contributed by atoms with Crippen LogP contribution in [-0.4, -0.2) is 23.6 Å². The van der Waals surface area contributed by atoms with E-state index in [4.69, 9.17) is 0 Å². The topological polar surface area (TPSA) is 12.0 Å². The lowest BCUT2D eigenvalue weighted by atomic mass is 9.95. The Morgan fingerprint density at radius 2 is 1.94 bits per heavy atom. The number of thioether (sulfide) groups is 1. The van der Waals surface area contributed by atoms with Crippen LogP contribution in [0.3, 0.4) is 0 Å². The molecular formula is C14H27NS. The Morgan fingerprint density at radius 3 is 2.50 bits per heavy atom. The van der Waals surface area contributed by atoms with Gasteiger partial charge in [-0.15, -0.1) is 0 Å². The van der Waals surface area contributed by atoms with Gasteiger partial charge in [-0.25, -0.2) is 0 Å². The maximum Gasteiger partial charge on any atom is 0.0132 e. The predicted octanol–water partition coefficient (Wildman–Crippen LogP) is 3.54. The predicted molar refractivity (Wildman–Crippen MR) is 74.0 cm³/mol. The lowest BCUT2D eigenvalue weighted by Crippen LogP contribution is -2.41. The molecule has 0 aliphatic heterocycles. The molecule has 2 fully saturated rings. The van der Waals surface area contributed by atoms with Gasteiger partial charge in [-0.3, -0.25) is 0 Å². The van der Waals surface area contributed by atoms with Crippen LogP contribution in [0, 0.1) is 17.8 Å². The second-order valence-electron chi connectivity index (χ2n) is 6.28. The summed E-state index contributed by atoms with van der Waals surface area (Å²) in [5, 5.41) is 3.86. The minimum absolute atomic E-state index is 0.702. The second kappa shape index (κ2) is 5.77. The van der Waals surface area contributed by atoms with Crippen LogP contribution in [0.4, 0.5) is 0 Å². The highest BCUT2D eigenvalue weighted by Gasteiger charge is 2.39. The SMILES string of the molecule is CC(C)CSCC(C)NC1CC2CCC1C2. The van der Waals surface area contributed by atoms with Crippen molar-refractivity contribution in [2.24, 2.45) is 17.8 Å². The van der Waals surface area contributed by atoms with Crippen LogP contribution in [-0.2, 0) is 0 Å². The molecule has 0 aromatic rings. The smallest absolute Gasteiger partial charge is 0.0132 e. The van der Waals surface area contributed by atoms with Crippen LogP contribution < -0.4 is 5.32 Å². The van der Waals surface area contributed by atoms with Crippen molar-refractivity contribution in [1.29, 1.82) is 0 Å². The third kappa shape index (κ3) is 3.40. The molecule has 16 heavy (non-hydrogen) atoms. The maximum absolute atomic E-state index is 3.86. The van der Waals surface area contributed by atoms with E-state index in [1.54, 1.807) is 0 Å². The molecule has 0 aromatic heterocycles. The number of hydrogen-bond donors (Lipinski definition) is 1. The van der Waals surface area contributed by atoms with E-state index < -0.39 is 0 Å². The van der Waals surface area contributed by atoms with Crippen molar-refractivity contribution in [2.45, 2.75) is 58.5 Å². The van der Waals surface area contributed by atoms with Crippen LogP contribution >= 0.6 is 11.8 Å². The van der Waals surface area contributed by atoms with Gasteiger partial charge >= 0.3 is 0 Å². The first kappa shape index (κ1) is 12.8. The lowest BCUT2D eigenvalue weighted by Gasteiger charge is -2.26. The molecule has 1 nitrogen and oxygen atoms in total. The summed E-state index contributed by atoms with van der Waals surface area (Å²) >= 11 is 2.11. The Hall–Kier alpha value is 0.310. The molecule has 2 aliphatic carbocycles. The highest BCUT2D eigenvalue weighted by atomic mass is 32.2. The van der Waals surface area contributed by atoms with Gasteiger partial charge in [-0.1, -0.05) is 20.3 Å². The molecule has 4 atom stereocenters. The fourth-order valence-electron chi connectivity index (χ4n) is 3.34. The van der Waals surface area contributed by atoms with Crippen LogP contribution in [0.15, 0.2) is 0 Å². The van der Waals surface area contributed by atoms with Crippen molar-refractivity contribution in [3.05, 3.63) is 0 Å². The zero-order valence-corrected chi connectivity index (χ0v) is 11.9. The van der Waals surface area contributed by atoms with E-state index in [9.17, 15) is 0 Å². The Bertz CT molecular complexity index is 217. The van der Waals surface area contributed by atoms with Crippen LogP contribution in [0.5, 0.6) is 0 Å². The van der Waals surface area contributed by atoms with Gasteiger partial charge in [0.15, 0.2) is 0 Å². The summed E-state index contributed by atoms with van der Waals surface area (Å²) in [6.07, 6.45) is 5.99. The maximum atomic E-state index is 3.86. The van der Waals surface area contributed by atoms with Gasteiger partial charge in [-0.05, 0) is 49.7 Å². The molecule has 0 saturated heterocycles. The summed E-state index contributed by atoms with van der Waals surface area (Å²) in [7, 11) is 0. The number of rotatable bonds is 6. The lowest BCUT2D eigenvalue weighted by molar-refractivity contribution is 0.333. The van der Waals surface area contributed by atoms with E-state index >= 15 is 0 Å². The number of hydrogen-bond acceptors (Lipinski definition) is 2. The molecular weight excluding hydrogens is 214 g/mol. The summed E-state index contributed by atoms with van der Waals surface area (Å²) < 4.78 is 0. The Morgan fingerprint density at radius 1 is 1.12 bits per heavy atom. The first-order valence-electron chi connectivity index (χ1n) is 6.99. The van der Waals surface area contributed by atoms with Crippen LogP contribution in [0.1, 0.15) is 46.5 Å². The van der Waals surface area contributed by atoms with Crippen molar-refractivity contribution in [3.63, 3.8) is 0 Å². The quantitative estimate of drug-likeness (QED) is 0.763. The fraction of sp³-hybridized carbons (Fsp3) is 1.00. The zero-order valence-electron chi connectivity index (χ0n) is 11.0. The average Bonchev–Trinajstić information content (AvgIpc) is 2.78. The summed E-state index contributed by atoms with van der Waals surface area (Å²) in [6.45, 7) is 6.97. The van der Waals surface area contributed by atoms with E-state index in [-0.39, 0.29) is 0 Å². The average molecular weight is 241 g/mol. The van der Waals surface area contributed by atoms with Gasteiger partial charge in [0, 0.05) is 17.8 Å². The van der Waals surface area contributed by atoms with Gasteiger partial charge in [0.2, 0.25) is 0 Å². The van der Waals surface area contributed by atoms with Gasteiger partial charge < -0.3 is 5.32 Å². The van der Waals surface area contributed by atoms with Crippen molar-refractivity contribution in [2.75, 3.05) is 11.5 Å². The zero-order chi connectivity index (χ0) is 11.5. The summed E-state index contributed by atoms with van der Waals surface area (Å²) in [5.41, 5.74) is 0. The third-order valence-electron chi connectivity index (χ3n) is 4.06. The Labute approximate surface area is 105 Å². The highest BCUT2D eigenvalue weighted by Crippen LogP contribution is 2.44. The van der Waals surface area contributed by atoms with E-state index in [1.807, 2.05) is 0 Å². The molecule has 2 aliphatic rings. The summed E-state index contributed by atoms with van der Waals surface area (Å²) in [5.74, 6) is 5.51. The molecule has 2 bridgehead atoms. The Kier molecular flexibility index (Phi) is 4.60. The fourth-order valence-corrected chi connectivity index (χ4v) is 4.40. The molecule has 2 saturated carbocycles. The van der Waals surface area contributed by atoms with Crippen LogP contribution in [0.2, 0.25) is 0 Å². The first-order chi connectivity index (χ1) is 7.65. The molecule has 0 spiro atoms. The van der Waals surface area contributed by atoms with E-state index in [0.717, 1.165) is 23.8 Å². The molecule has 0 amide bonds. The minimum Gasteiger partial charge on any atom is -0.310 e. The van der Waals surface area contributed by atoms with Crippen molar-refractivity contribution < 1.29 is 0 Å². The van der Waals surface area contributed by atoms with Crippen molar-refractivity contribution >= 4 is 11.8 Å². The number of fused-ring (bicyclic) bond motifs is 2. The molecule has 94 valence electrons. The normalized spacial score (nSPS) is 34.9. The molecule has 2 heteroatoms. The Balaban J connectivity index is 1.62. The van der Waals surface area contributed by atoms with E-state index in [0.29, 0.717) is 6.04 Å². The first-order valence-corrected chi connectivity index (χ1v) is 8.14. The molecule has 1 N–H and O–H groups in total. The molecule has 0 radical (unpaired) electrons. The van der Waals surface area contributed by atoms with Gasteiger partial charge in [0.05, 0.1) is 0 Å². The van der Waals surface area contributed by atoms with Crippen molar-refractivity contribution in [3.8, 4) is 0 Å². The second-order valence-corrected chi connectivity index (χ2v) is 7.36. The van der Waals surface area contributed by atoms with Gasteiger partial charge in [0.25, 0.3) is 0 Å². The molecule has 0 aromatic carbocycles. The molecule has 2 rings (SSSR count). The summed E-state index contributed by atoms with van der Waals surface area (Å²) in [4.78, 5) is 0. The monoisotopic (exact) mass is 241 g/mol. The minimum atomic E-state index is 0.702. The third-order valence-corrected chi connectivity index (χ3v) is 5.69. The largest absolute Gasteiger partial charge is 0.310 e. The van der Waals surface area contributed by atoms with Gasteiger partial charge in [0.1, 0.15) is 0 Å². The highest BCUT2D eigenvalue weighted by molar-refractivity contribution is 7.99. The number of nitrogens with one attached hydrogen (secondary N) is 1. The molecule has 0 heterocycles. The standard InChI is InChI=1S/C14H27NS/c1-10(2)8-16-9-11(3)15-14-7-12-4-5-13(14)6-12/h10-15H,4-9H2,1-3H3. The van der Waals surface area contributed by atoms with Crippen molar-refractivity contribution in [1.82, 2.24) is 5.32 Å². The summed E-state index contributed by atoms with van der Waals surface area (Å²) in [6, 6.07) is 1.56. The van der Waals surface area contributed by atoms with Gasteiger partial charge in [-0.2, -0.15) is 11.8 Å².